The maximum atomic E-state index is 11.6. The number of aromatic nitrogens is 6. The Balaban J connectivity index is 1.89. The summed E-state index contributed by atoms with van der Waals surface area (Å²) in [5, 5.41) is 18.1. The number of hydrogen-bond donors (Lipinski definition) is 1. The van der Waals surface area contributed by atoms with E-state index >= 15 is 0 Å². The molecular formula is C9H13N7O. The zero-order chi connectivity index (χ0) is 12.1. The third-order valence-electron chi connectivity index (χ3n) is 2.01. The van der Waals surface area contributed by atoms with Gasteiger partial charge in [-0.25, -0.2) is 4.68 Å². The SMILES string of the molecule is CCCn1ncc(NC(=O)Cn2ccnn2)n1. The first-order valence-corrected chi connectivity index (χ1v) is 5.32. The minimum Gasteiger partial charge on any atom is -0.306 e. The predicted molar refractivity (Wildman–Crippen MR) is 59.0 cm³/mol. The van der Waals surface area contributed by atoms with Crippen LogP contribution in [0.4, 0.5) is 5.82 Å². The first-order valence-electron chi connectivity index (χ1n) is 5.32. The van der Waals surface area contributed by atoms with Gasteiger partial charge in [0.25, 0.3) is 0 Å². The van der Waals surface area contributed by atoms with E-state index in [0.717, 1.165) is 13.0 Å². The molecule has 1 amide bonds. The van der Waals surface area contributed by atoms with Crippen molar-refractivity contribution in [3.8, 4) is 0 Å². The molecule has 0 aliphatic carbocycles. The number of amides is 1. The van der Waals surface area contributed by atoms with Gasteiger partial charge < -0.3 is 5.32 Å². The third kappa shape index (κ3) is 3.10. The van der Waals surface area contributed by atoms with Gasteiger partial charge in [0.2, 0.25) is 5.91 Å². The Labute approximate surface area is 97.6 Å². The van der Waals surface area contributed by atoms with Crippen LogP contribution in [0.1, 0.15) is 13.3 Å². The minimum absolute atomic E-state index is 0.112. The molecule has 2 aromatic rings. The molecule has 1 N–H and O–H groups in total. The summed E-state index contributed by atoms with van der Waals surface area (Å²) in [6.45, 7) is 2.88. The van der Waals surface area contributed by atoms with Crippen molar-refractivity contribution >= 4 is 11.7 Å². The molecule has 0 aromatic carbocycles. The molecule has 17 heavy (non-hydrogen) atoms. The van der Waals surface area contributed by atoms with Crippen LogP contribution >= 0.6 is 0 Å². The normalized spacial score (nSPS) is 10.4. The van der Waals surface area contributed by atoms with Crippen LogP contribution in [0.2, 0.25) is 0 Å². The lowest BCUT2D eigenvalue weighted by molar-refractivity contribution is -0.116. The van der Waals surface area contributed by atoms with Gasteiger partial charge in [0.05, 0.1) is 18.9 Å². The lowest BCUT2D eigenvalue weighted by atomic mass is 10.5. The van der Waals surface area contributed by atoms with E-state index in [1.165, 1.54) is 17.1 Å². The van der Waals surface area contributed by atoms with E-state index in [4.69, 9.17) is 0 Å². The second-order valence-electron chi connectivity index (χ2n) is 3.47. The summed E-state index contributed by atoms with van der Waals surface area (Å²) in [4.78, 5) is 13.1. The lowest BCUT2D eigenvalue weighted by Crippen LogP contribution is -2.19. The van der Waals surface area contributed by atoms with Crippen LogP contribution in [0.3, 0.4) is 0 Å². The number of nitrogens with one attached hydrogen (secondary N) is 1. The van der Waals surface area contributed by atoms with Gasteiger partial charge in [0.15, 0.2) is 5.82 Å². The molecule has 0 saturated carbocycles. The van der Waals surface area contributed by atoms with Crippen LogP contribution in [0.25, 0.3) is 0 Å². The molecule has 2 aromatic heterocycles. The molecule has 0 unspecified atom stereocenters. The molecule has 0 spiro atoms. The Hall–Kier alpha value is -2.25. The summed E-state index contributed by atoms with van der Waals surface area (Å²) < 4.78 is 1.44. The molecule has 0 radical (unpaired) electrons. The van der Waals surface area contributed by atoms with Crippen molar-refractivity contribution in [2.75, 3.05) is 5.32 Å². The Morgan fingerprint density at radius 1 is 1.53 bits per heavy atom. The maximum Gasteiger partial charge on any atom is 0.247 e. The van der Waals surface area contributed by atoms with Crippen LogP contribution in [0, 0.1) is 0 Å². The van der Waals surface area contributed by atoms with Crippen LogP contribution < -0.4 is 5.32 Å². The van der Waals surface area contributed by atoms with Gasteiger partial charge in [0.1, 0.15) is 6.54 Å². The Morgan fingerprint density at radius 2 is 2.41 bits per heavy atom. The van der Waals surface area contributed by atoms with Gasteiger partial charge in [0, 0.05) is 6.20 Å². The second-order valence-corrected chi connectivity index (χ2v) is 3.47. The highest BCUT2D eigenvalue weighted by Crippen LogP contribution is 1.99. The smallest absolute Gasteiger partial charge is 0.247 e. The first-order chi connectivity index (χ1) is 8.28. The van der Waals surface area contributed by atoms with E-state index in [9.17, 15) is 4.79 Å². The van der Waals surface area contributed by atoms with Crippen molar-refractivity contribution in [3.05, 3.63) is 18.6 Å². The first kappa shape index (κ1) is 11.2. The standard InChI is InChI=1S/C9H13N7O/c1-2-4-16-11-6-8(13-16)12-9(17)7-15-5-3-10-14-15/h3,5-6H,2,4,7H2,1H3,(H,12,13,17). The van der Waals surface area contributed by atoms with Crippen LogP contribution in [0.5, 0.6) is 0 Å². The second kappa shape index (κ2) is 5.19. The number of carbonyl (C=O) groups is 1. The number of anilines is 1. The fourth-order valence-corrected chi connectivity index (χ4v) is 1.31. The van der Waals surface area contributed by atoms with E-state index < -0.39 is 0 Å². The van der Waals surface area contributed by atoms with Gasteiger partial charge in [-0.05, 0) is 6.42 Å². The fraction of sp³-hybridized carbons (Fsp3) is 0.444. The maximum absolute atomic E-state index is 11.6. The zero-order valence-electron chi connectivity index (χ0n) is 9.44. The molecule has 0 aliphatic heterocycles. The summed E-state index contributed by atoms with van der Waals surface area (Å²) in [6, 6.07) is 0. The molecule has 90 valence electrons. The largest absolute Gasteiger partial charge is 0.306 e. The number of carbonyl (C=O) groups excluding carboxylic acids is 1. The molecule has 0 saturated heterocycles. The summed E-state index contributed by atoms with van der Waals surface area (Å²) in [7, 11) is 0. The van der Waals surface area contributed by atoms with Crippen molar-refractivity contribution in [1.29, 1.82) is 0 Å². The molecule has 0 fully saturated rings. The zero-order valence-corrected chi connectivity index (χ0v) is 9.44. The van der Waals surface area contributed by atoms with Crippen molar-refractivity contribution in [2.24, 2.45) is 0 Å². The molecule has 8 heteroatoms. The van der Waals surface area contributed by atoms with E-state index in [1.807, 2.05) is 6.92 Å². The molecule has 8 nitrogen and oxygen atoms in total. The van der Waals surface area contributed by atoms with Crippen molar-refractivity contribution in [2.45, 2.75) is 26.4 Å². The third-order valence-corrected chi connectivity index (χ3v) is 2.01. The van der Waals surface area contributed by atoms with E-state index in [0.29, 0.717) is 5.82 Å². The van der Waals surface area contributed by atoms with Gasteiger partial charge in [-0.15, -0.1) is 10.2 Å². The summed E-state index contributed by atoms with van der Waals surface area (Å²) in [5.41, 5.74) is 0. The van der Waals surface area contributed by atoms with Crippen LogP contribution in [0.15, 0.2) is 18.6 Å². The van der Waals surface area contributed by atoms with Crippen LogP contribution in [-0.4, -0.2) is 35.9 Å². The van der Waals surface area contributed by atoms with E-state index in [2.05, 4.69) is 25.8 Å². The van der Waals surface area contributed by atoms with Crippen molar-refractivity contribution < 1.29 is 4.79 Å². The van der Waals surface area contributed by atoms with E-state index in [-0.39, 0.29) is 12.5 Å². The quantitative estimate of drug-likeness (QED) is 0.782. The predicted octanol–water partition coefficient (Wildman–Crippen LogP) is -0.0817. The Morgan fingerprint density at radius 3 is 3.12 bits per heavy atom. The Bertz CT molecular complexity index is 475. The van der Waals surface area contributed by atoms with Gasteiger partial charge >= 0.3 is 0 Å². The minimum atomic E-state index is -0.209. The molecule has 0 bridgehead atoms. The summed E-state index contributed by atoms with van der Waals surface area (Å²) in [6.07, 6.45) is 5.61. The average molecular weight is 235 g/mol. The van der Waals surface area contributed by atoms with E-state index in [1.54, 1.807) is 11.0 Å². The van der Waals surface area contributed by atoms with Gasteiger partial charge in [-0.3, -0.25) is 4.79 Å². The molecule has 0 aliphatic rings. The highest BCUT2D eigenvalue weighted by molar-refractivity contribution is 5.89. The fourth-order valence-electron chi connectivity index (χ4n) is 1.31. The van der Waals surface area contributed by atoms with Crippen molar-refractivity contribution in [3.63, 3.8) is 0 Å². The average Bonchev–Trinajstić information content (AvgIpc) is 2.91. The monoisotopic (exact) mass is 235 g/mol. The number of nitrogens with zero attached hydrogens (tertiary/aromatic N) is 6. The summed E-state index contributed by atoms with van der Waals surface area (Å²) >= 11 is 0. The number of hydrogen-bond acceptors (Lipinski definition) is 5. The molecule has 2 rings (SSSR count). The highest BCUT2D eigenvalue weighted by atomic mass is 16.2. The van der Waals surface area contributed by atoms with Crippen molar-refractivity contribution in [1.82, 2.24) is 30.0 Å². The highest BCUT2D eigenvalue weighted by Gasteiger charge is 2.06. The molecule has 2 heterocycles. The van der Waals surface area contributed by atoms with Gasteiger partial charge in [-0.2, -0.15) is 9.90 Å². The van der Waals surface area contributed by atoms with Gasteiger partial charge in [-0.1, -0.05) is 12.1 Å². The number of aryl methyl sites for hydroxylation is 1. The van der Waals surface area contributed by atoms with Crippen LogP contribution in [-0.2, 0) is 17.9 Å². The molecular weight excluding hydrogens is 222 g/mol. The summed E-state index contributed by atoms with van der Waals surface area (Å²) in [5.74, 6) is 0.239. The Kier molecular flexibility index (Phi) is 3.43. The number of rotatable bonds is 5. The topological polar surface area (TPSA) is 90.5 Å². The lowest BCUT2D eigenvalue weighted by Gasteiger charge is -2.00. The molecule has 0 atom stereocenters.